The molecule has 0 aliphatic heterocycles. The molecule has 0 saturated heterocycles. The van der Waals surface area contributed by atoms with Crippen molar-refractivity contribution in [1.82, 2.24) is 0 Å². The zero-order valence-corrected chi connectivity index (χ0v) is 14.5. The molecule has 6 heteroatoms. The first-order valence-corrected chi connectivity index (χ1v) is 7.46. The third-order valence-electron chi connectivity index (χ3n) is 3.15. The summed E-state index contributed by atoms with van der Waals surface area (Å²) in [6.45, 7) is 9.00. The lowest BCUT2D eigenvalue weighted by Gasteiger charge is -2.21. The van der Waals surface area contributed by atoms with E-state index in [0.717, 1.165) is 0 Å². The van der Waals surface area contributed by atoms with E-state index in [9.17, 15) is 14.7 Å². The van der Waals surface area contributed by atoms with Gasteiger partial charge in [0.25, 0.3) is 0 Å². The number of rotatable bonds is 5. The molecule has 0 bridgehead atoms. The van der Waals surface area contributed by atoms with Gasteiger partial charge in [0.1, 0.15) is 11.4 Å². The van der Waals surface area contributed by atoms with E-state index >= 15 is 0 Å². The molecule has 0 radical (unpaired) electrons. The Morgan fingerprint density at radius 3 is 2.26 bits per heavy atom. The Bertz CT molecular complexity index is 575. The Morgan fingerprint density at radius 2 is 1.83 bits per heavy atom. The van der Waals surface area contributed by atoms with Gasteiger partial charge in [-0.3, -0.25) is 10.1 Å². The van der Waals surface area contributed by atoms with Crippen molar-refractivity contribution >= 4 is 17.7 Å². The summed E-state index contributed by atoms with van der Waals surface area (Å²) in [6, 6.07) is 4.89. The molecular weight excluding hydrogens is 298 g/mol. The Balaban J connectivity index is 3.05. The number of aliphatic carboxylic acids is 1. The Morgan fingerprint density at radius 1 is 1.22 bits per heavy atom. The highest BCUT2D eigenvalue weighted by Crippen LogP contribution is 2.34. The second-order valence-electron chi connectivity index (χ2n) is 6.64. The highest BCUT2D eigenvalue weighted by atomic mass is 16.6. The highest BCUT2D eigenvalue weighted by molar-refractivity contribution is 5.86. The zero-order valence-electron chi connectivity index (χ0n) is 14.5. The van der Waals surface area contributed by atoms with E-state index in [1.165, 1.54) is 7.11 Å². The fourth-order valence-corrected chi connectivity index (χ4v) is 2.24. The molecule has 2 N–H and O–H groups in total. The van der Waals surface area contributed by atoms with Gasteiger partial charge in [-0.25, -0.2) is 4.79 Å². The van der Waals surface area contributed by atoms with Gasteiger partial charge in [0, 0.05) is 17.3 Å². The summed E-state index contributed by atoms with van der Waals surface area (Å²) in [7, 11) is 1.47. The molecule has 0 aromatic heterocycles. The largest absolute Gasteiger partial charge is 0.496 e. The average molecular weight is 323 g/mol. The van der Waals surface area contributed by atoms with E-state index in [0.29, 0.717) is 17.0 Å². The van der Waals surface area contributed by atoms with Crippen LogP contribution in [0.2, 0.25) is 0 Å². The van der Waals surface area contributed by atoms with E-state index in [-0.39, 0.29) is 5.92 Å². The Kier molecular flexibility index (Phi) is 6.01. The van der Waals surface area contributed by atoms with Crippen molar-refractivity contribution in [2.75, 3.05) is 12.4 Å². The van der Waals surface area contributed by atoms with Crippen LogP contribution in [0.1, 0.15) is 46.1 Å². The molecular formula is C17H25NO5. The molecule has 0 saturated carbocycles. The van der Waals surface area contributed by atoms with Gasteiger partial charge in [0.15, 0.2) is 0 Å². The summed E-state index contributed by atoms with van der Waals surface area (Å²) in [6.07, 6.45) is -0.578. The number of anilines is 1. The topological polar surface area (TPSA) is 84.9 Å². The number of carboxylic acid groups (broad SMARTS) is 1. The number of carboxylic acids is 1. The molecule has 1 atom stereocenters. The normalized spacial score (nSPS) is 12.7. The third kappa shape index (κ3) is 5.47. The van der Waals surface area contributed by atoms with Gasteiger partial charge >= 0.3 is 12.1 Å². The van der Waals surface area contributed by atoms with Crippen LogP contribution in [-0.4, -0.2) is 29.9 Å². The fraction of sp³-hybridized carbons (Fsp3) is 0.529. The summed E-state index contributed by atoms with van der Waals surface area (Å²) in [5.74, 6) is -1.27. The monoisotopic (exact) mass is 323 g/mol. The van der Waals surface area contributed by atoms with Gasteiger partial charge in [-0.15, -0.1) is 0 Å². The van der Waals surface area contributed by atoms with Crippen molar-refractivity contribution in [3.63, 3.8) is 0 Å². The van der Waals surface area contributed by atoms with Crippen LogP contribution in [0, 0.1) is 5.92 Å². The van der Waals surface area contributed by atoms with E-state index in [4.69, 9.17) is 9.47 Å². The van der Waals surface area contributed by atoms with E-state index in [2.05, 4.69) is 5.32 Å². The second-order valence-corrected chi connectivity index (χ2v) is 6.64. The quantitative estimate of drug-likeness (QED) is 0.859. The number of carbonyl (C=O) groups excluding carboxylic acids is 1. The molecule has 0 aliphatic carbocycles. The van der Waals surface area contributed by atoms with Crippen LogP contribution in [0.4, 0.5) is 10.5 Å². The van der Waals surface area contributed by atoms with Crippen LogP contribution < -0.4 is 10.1 Å². The molecule has 6 nitrogen and oxygen atoms in total. The number of amides is 1. The standard InChI is InChI=1S/C17H25NO5/c1-10(2)14(15(19)20)12-8-7-11(9-13(12)22-6)18-16(21)23-17(3,4)5/h7-10,14H,1-6H3,(H,18,21)(H,19,20). The maximum atomic E-state index is 11.8. The molecule has 1 unspecified atom stereocenters. The van der Waals surface area contributed by atoms with Crippen molar-refractivity contribution < 1.29 is 24.2 Å². The predicted molar refractivity (Wildman–Crippen MR) is 88.1 cm³/mol. The zero-order chi connectivity index (χ0) is 17.8. The Hall–Kier alpha value is -2.24. The van der Waals surface area contributed by atoms with Crippen molar-refractivity contribution in [3.8, 4) is 5.75 Å². The predicted octanol–water partition coefficient (Wildman–Crippen LogP) is 3.87. The first kappa shape index (κ1) is 18.8. The molecule has 0 fully saturated rings. The smallest absolute Gasteiger partial charge is 0.412 e. The van der Waals surface area contributed by atoms with Gasteiger partial charge in [-0.2, -0.15) is 0 Å². The molecule has 1 amide bonds. The molecule has 0 spiro atoms. The third-order valence-corrected chi connectivity index (χ3v) is 3.15. The highest BCUT2D eigenvalue weighted by Gasteiger charge is 2.27. The minimum atomic E-state index is -0.911. The van der Waals surface area contributed by atoms with Gasteiger partial charge in [-0.1, -0.05) is 19.9 Å². The summed E-state index contributed by atoms with van der Waals surface area (Å²) >= 11 is 0. The first-order chi connectivity index (χ1) is 10.5. The van der Waals surface area contributed by atoms with Crippen LogP contribution >= 0.6 is 0 Å². The number of ether oxygens (including phenoxy) is 2. The van der Waals surface area contributed by atoms with Gasteiger partial charge in [0.2, 0.25) is 0 Å². The van der Waals surface area contributed by atoms with Crippen molar-refractivity contribution in [2.24, 2.45) is 5.92 Å². The molecule has 1 rings (SSSR count). The molecule has 1 aromatic carbocycles. The van der Waals surface area contributed by atoms with Crippen LogP contribution in [0.5, 0.6) is 5.75 Å². The number of hydrogen-bond donors (Lipinski definition) is 2. The summed E-state index contributed by atoms with van der Waals surface area (Å²) in [5, 5.41) is 12.0. The lowest BCUT2D eigenvalue weighted by molar-refractivity contribution is -0.139. The van der Waals surface area contributed by atoms with Crippen LogP contribution in [-0.2, 0) is 9.53 Å². The summed E-state index contributed by atoms with van der Waals surface area (Å²) in [5.41, 5.74) is 0.456. The SMILES string of the molecule is COc1cc(NC(=O)OC(C)(C)C)ccc1C(C(=O)O)C(C)C. The summed E-state index contributed by atoms with van der Waals surface area (Å²) < 4.78 is 10.5. The maximum Gasteiger partial charge on any atom is 0.412 e. The van der Waals surface area contributed by atoms with Gasteiger partial charge in [0.05, 0.1) is 13.0 Å². The molecule has 0 aliphatic rings. The van der Waals surface area contributed by atoms with Gasteiger partial charge < -0.3 is 14.6 Å². The second kappa shape index (κ2) is 7.35. The molecule has 0 heterocycles. The number of nitrogens with one attached hydrogen (secondary N) is 1. The molecule has 1 aromatic rings. The van der Waals surface area contributed by atoms with E-state index in [1.54, 1.807) is 39.0 Å². The first-order valence-electron chi connectivity index (χ1n) is 7.46. The van der Waals surface area contributed by atoms with Crippen LogP contribution in [0.3, 0.4) is 0 Å². The van der Waals surface area contributed by atoms with E-state index in [1.807, 2.05) is 13.8 Å². The number of hydrogen-bond acceptors (Lipinski definition) is 4. The minimum absolute atomic E-state index is 0.0916. The van der Waals surface area contributed by atoms with Crippen molar-refractivity contribution in [2.45, 2.75) is 46.1 Å². The maximum absolute atomic E-state index is 11.8. The number of carbonyl (C=O) groups is 2. The molecule has 23 heavy (non-hydrogen) atoms. The number of methoxy groups -OCH3 is 1. The van der Waals surface area contributed by atoms with Crippen molar-refractivity contribution in [1.29, 1.82) is 0 Å². The van der Waals surface area contributed by atoms with Crippen LogP contribution in [0.15, 0.2) is 18.2 Å². The summed E-state index contributed by atoms with van der Waals surface area (Å²) in [4.78, 5) is 23.3. The minimum Gasteiger partial charge on any atom is -0.496 e. The number of benzene rings is 1. The fourth-order valence-electron chi connectivity index (χ4n) is 2.24. The average Bonchev–Trinajstić information content (AvgIpc) is 2.37. The molecule has 128 valence electrons. The van der Waals surface area contributed by atoms with Gasteiger partial charge in [-0.05, 0) is 32.8 Å². The lowest BCUT2D eigenvalue weighted by atomic mass is 9.88. The van der Waals surface area contributed by atoms with Crippen LogP contribution in [0.25, 0.3) is 0 Å². The van der Waals surface area contributed by atoms with E-state index < -0.39 is 23.6 Å². The van der Waals surface area contributed by atoms with Crippen molar-refractivity contribution in [3.05, 3.63) is 23.8 Å². The Labute approximate surface area is 136 Å². The lowest BCUT2D eigenvalue weighted by Crippen LogP contribution is -2.27.